The maximum atomic E-state index is 2.61. The van der Waals surface area contributed by atoms with Crippen LogP contribution in [0.15, 0.2) is 77.4 Å². The standard InChI is InChI=1S/C33H40Si/c1-21-11-22(2)15-30(14-21)34(31-16-23(3)12-24(4)17-31,32-18-25(5)13-26(6)19-32)33(10)20-27(7)28(8)29(33)9/h11-20H,1-10H3. The van der Waals surface area contributed by atoms with Crippen LogP contribution in [0, 0.1) is 41.5 Å². The highest BCUT2D eigenvalue weighted by Gasteiger charge is 2.56. The molecule has 3 aromatic carbocycles. The highest BCUT2D eigenvalue weighted by Crippen LogP contribution is 2.53. The zero-order valence-electron chi connectivity index (χ0n) is 22.8. The molecule has 34 heavy (non-hydrogen) atoms. The fourth-order valence-electron chi connectivity index (χ4n) is 6.70. The van der Waals surface area contributed by atoms with Gasteiger partial charge in [0.1, 0.15) is 0 Å². The van der Waals surface area contributed by atoms with Crippen LogP contribution in [0.25, 0.3) is 0 Å². The second-order valence-corrected chi connectivity index (χ2v) is 15.4. The van der Waals surface area contributed by atoms with Crippen LogP contribution >= 0.6 is 0 Å². The van der Waals surface area contributed by atoms with Gasteiger partial charge in [0.05, 0.1) is 0 Å². The van der Waals surface area contributed by atoms with Gasteiger partial charge in [0, 0.05) is 5.04 Å². The van der Waals surface area contributed by atoms with E-state index in [9.17, 15) is 0 Å². The lowest BCUT2D eigenvalue weighted by atomic mass is 10.0. The van der Waals surface area contributed by atoms with E-state index in [4.69, 9.17) is 0 Å². The quantitative estimate of drug-likeness (QED) is 0.286. The molecule has 0 fully saturated rings. The lowest BCUT2D eigenvalue weighted by Crippen LogP contribution is -2.73. The molecule has 0 aliphatic heterocycles. The summed E-state index contributed by atoms with van der Waals surface area (Å²) in [7, 11) is -2.58. The third kappa shape index (κ3) is 3.75. The predicted octanol–water partition coefficient (Wildman–Crippen LogP) is 7.06. The Bertz CT molecular complexity index is 1170. The Morgan fingerprint density at radius 1 is 0.471 bits per heavy atom. The first kappa shape index (κ1) is 24.5. The van der Waals surface area contributed by atoms with Gasteiger partial charge in [0.15, 0.2) is 8.07 Å². The Balaban J connectivity index is 2.31. The SMILES string of the molecule is CC1=CC(C)([Si](c2cc(C)cc(C)c2)(c2cc(C)cc(C)c2)c2cc(C)cc(C)c2)C(C)=C1C. The molecule has 0 nitrogen and oxygen atoms in total. The minimum atomic E-state index is -2.58. The average molecular weight is 465 g/mol. The molecule has 4 rings (SSSR count). The fraction of sp³-hybridized carbons (Fsp3) is 0.333. The number of rotatable bonds is 4. The average Bonchev–Trinajstić information content (AvgIpc) is 2.90. The highest BCUT2D eigenvalue weighted by molar-refractivity contribution is 7.14. The molecule has 0 N–H and O–H groups in total. The second-order valence-electron chi connectivity index (χ2n) is 11.2. The van der Waals surface area contributed by atoms with Gasteiger partial charge in [-0.25, -0.2) is 0 Å². The molecule has 0 aromatic heterocycles. The van der Waals surface area contributed by atoms with E-state index in [1.165, 1.54) is 65.7 Å². The zero-order chi connectivity index (χ0) is 25.0. The summed E-state index contributed by atoms with van der Waals surface area (Å²) in [6, 6.07) is 21.9. The molecule has 1 atom stereocenters. The summed E-state index contributed by atoms with van der Waals surface area (Å²) in [5, 5.41) is 4.48. The lowest BCUT2D eigenvalue weighted by molar-refractivity contribution is 0.870. The molecule has 1 aliphatic rings. The Labute approximate surface area is 208 Å². The van der Waals surface area contributed by atoms with Crippen LogP contribution in [0.2, 0.25) is 5.04 Å². The Morgan fingerprint density at radius 2 is 0.765 bits per heavy atom. The highest BCUT2D eigenvalue weighted by atomic mass is 28.3. The van der Waals surface area contributed by atoms with Crippen molar-refractivity contribution in [2.45, 2.75) is 74.3 Å². The predicted molar refractivity (Wildman–Crippen MR) is 153 cm³/mol. The van der Waals surface area contributed by atoms with Crippen molar-refractivity contribution in [3.8, 4) is 0 Å². The number of hydrogen-bond donors (Lipinski definition) is 0. The van der Waals surface area contributed by atoms with E-state index in [-0.39, 0.29) is 5.04 Å². The molecule has 0 saturated carbocycles. The van der Waals surface area contributed by atoms with Crippen molar-refractivity contribution in [2.75, 3.05) is 0 Å². The van der Waals surface area contributed by atoms with Gasteiger partial charge in [0.2, 0.25) is 0 Å². The molecule has 0 amide bonds. The van der Waals surface area contributed by atoms with Crippen molar-refractivity contribution in [3.05, 3.63) is 111 Å². The van der Waals surface area contributed by atoms with Crippen LogP contribution in [0.5, 0.6) is 0 Å². The van der Waals surface area contributed by atoms with E-state index in [0.717, 1.165) is 0 Å². The summed E-state index contributed by atoms with van der Waals surface area (Å²) >= 11 is 0. The molecule has 0 radical (unpaired) electrons. The van der Waals surface area contributed by atoms with Gasteiger partial charge in [0.25, 0.3) is 0 Å². The summed E-state index contributed by atoms with van der Waals surface area (Å²) in [5.74, 6) is 0. The fourth-order valence-corrected chi connectivity index (χ4v) is 13.3. The molecule has 3 aromatic rings. The summed E-state index contributed by atoms with van der Waals surface area (Å²) < 4.78 is 0. The van der Waals surface area contributed by atoms with E-state index in [1.54, 1.807) is 0 Å². The monoisotopic (exact) mass is 464 g/mol. The van der Waals surface area contributed by atoms with Crippen LogP contribution in [0.1, 0.15) is 61.1 Å². The third-order valence-electron chi connectivity index (χ3n) is 8.18. The van der Waals surface area contributed by atoms with Gasteiger partial charge in [-0.3, -0.25) is 0 Å². The zero-order valence-corrected chi connectivity index (χ0v) is 23.8. The van der Waals surface area contributed by atoms with Gasteiger partial charge >= 0.3 is 0 Å². The summed E-state index contributed by atoms with van der Waals surface area (Å²) in [4.78, 5) is 0. The number of benzene rings is 3. The minimum Gasteiger partial charge on any atom is -0.0730 e. The van der Waals surface area contributed by atoms with Crippen molar-refractivity contribution >= 4 is 23.6 Å². The van der Waals surface area contributed by atoms with Crippen LogP contribution in [-0.4, -0.2) is 8.07 Å². The van der Waals surface area contributed by atoms with Crippen molar-refractivity contribution in [1.29, 1.82) is 0 Å². The van der Waals surface area contributed by atoms with E-state index in [2.05, 4.69) is 130 Å². The number of allylic oxidation sites excluding steroid dienone is 4. The summed E-state index contributed by atoms with van der Waals surface area (Å²) in [6.07, 6.45) is 2.61. The van der Waals surface area contributed by atoms with E-state index in [1.807, 2.05) is 0 Å². The van der Waals surface area contributed by atoms with E-state index < -0.39 is 8.07 Å². The molecular formula is C33H40Si. The van der Waals surface area contributed by atoms with Gasteiger partial charge in [-0.2, -0.15) is 0 Å². The van der Waals surface area contributed by atoms with Crippen LogP contribution < -0.4 is 15.6 Å². The lowest BCUT2D eigenvalue weighted by Gasteiger charge is -2.47. The Kier molecular flexibility index (Phi) is 6.15. The molecule has 1 heteroatoms. The normalized spacial score (nSPS) is 18.5. The van der Waals surface area contributed by atoms with E-state index in [0.29, 0.717) is 0 Å². The number of aryl methyl sites for hydroxylation is 6. The maximum Gasteiger partial charge on any atom is 0.161 e. The van der Waals surface area contributed by atoms with Crippen LogP contribution in [0.3, 0.4) is 0 Å². The molecule has 176 valence electrons. The smallest absolute Gasteiger partial charge is 0.0730 e. The Morgan fingerprint density at radius 3 is 1.00 bits per heavy atom. The first-order chi connectivity index (χ1) is 15.9. The molecule has 0 bridgehead atoms. The van der Waals surface area contributed by atoms with Gasteiger partial charge in [-0.05, 0) is 83.4 Å². The molecular weight excluding hydrogens is 424 g/mol. The minimum absolute atomic E-state index is 0.0676. The van der Waals surface area contributed by atoms with Crippen molar-refractivity contribution < 1.29 is 0 Å². The van der Waals surface area contributed by atoms with Crippen molar-refractivity contribution in [2.24, 2.45) is 0 Å². The molecule has 0 spiro atoms. The second kappa shape index (κ2) is 8.54. The maximum absolute atomic E-state index is 2.61. The topological polar surface area (TPSA) is 0 Å². The van der Waals surface area contributed by atoms with Crippen LogP contribution in [-0.2, 0) is 0 Å². The number of hydrogen-bond acceptors (Lipinski definition) is 0. The molecule has 0 heterocycles. The first-order valence-electron chi connectivity index (χ1n) is 12.5. The molecule has 1 unspecified atom stereocenters. The first-order valence-corrected chi connectivity index (χ1v) is 14.5. The van der Waals surface area contributed by atoms with Crippen LogP contribution in [0.4, 0.5) is 0 Å². The van der Waals surface area contributed by atoms with Gasteiger partial charge in [-0.1, -0.05) is 112 Å². The Hall–Kier alpha value is -2.64. The molecule has 0 saturated heterocycles. The van der Waals surface area contributed by atoms with Gasteiger partial charge in [-0.15, -0.1) is 0 Å². The van der Waals surface area contributed by atoms with Crippen molar-refractivity contribution in [1.82, 2.24) is 0 Å². The largest absolute Gasteiger partial charge is 0.161 e. The molecule has 1 aliphatic carbocycles. The third-order valence-corrected chi connectivity index (χ3v) is 13.7. The van der Waals surface area contributed by atoms with E-state index >= 15 is 0 Å². The van der Waals surface area contributed by atoms with Gasteiger partial charge < -0.3 is 0 Å². The summed E-state index contributed by atoms with van der Waals surface area (Å²) in [6.45, 7) is 23.1. The summed E-state index contributed by atoms with van der Waals surface area (Å²) in [5.41, 5.74) is 12.5. The van der Waals surface area contributed by atoms with Crippen molar-refractivity contribution in [3.63, 3.8) is 0 Å².